The van der Waals surface area contributed by atoms with Crippen molar-refractivity contribution in [3.63, 3.8) is 0 Å². The maximum atomic E-state index is 6.48. The predicted molar refractivity (Wildman–Crippen MR) is 89.8 cm³/mol. The molecule has 110 valence electrons. The van der Waals surface area contributed by atoms with Gasteiger partial charge in [0.1, 0.15) is 11.4 Å². The molecule has 0 bridgehead atoms. The molecule has 0 aliphatic carbocycles. The lowest BCUT2D eigenvalue weighted by atomic mass is 9.94. The molecular formula is C18H20BrNO. The van der Waals surface area contributed by atoms with Gasteiger partial charge in [-0.1, -0.05) is 45.8 Å². The Kier molecular flexibility index (Phi) is 3.58. The Morgan fingerprint density at radius 3 is 2.71 bits per heavy atom. The fourth-order valence-corrected chi connectivity index (χ4v) is 3.40. The van der Waals surface area contributed by atoms with E-state index in [4.69, 9.17) is 10.5 Å². The van der Waals surface area contributed by atoms with Crippen LogP contribution in [0.25, 0.3) is 0 Å². The number of hydrogen-bond acceptors (Lipinski definition) is 2. The first kappa shape index (κ1) is 14.6. The molecule has 2 aromatic carbocycles. The van der Waals surface area contributed by atoms with E-state index < -0.39 is 0 Å². The quantitative estimate of drug-likeness (QED) is 0.868. The number of benzene rings is 2. The molecule has 0 amide bonds. The SMILES string of the molecule is Cc1ccc(Br)c(C(N)c2ccc3c(c2)CC(C)(C)O3)c1. The topological polar surface area (TPSA) is 35.2 Å². The summed E-state index contributed by atoms with van der Waals surface area (Å²) in [6.45, 7) is 6.31. The van der Waals surface area contributed by atoms with E-state index in [-0.39, 0.29) is 11.6 Å². The fraction of sp³-hybridized carbons (Fsp3) is 0.333. The Hall–Kier alpha value is -1.32. The minimum Gasteiger partial charge on any atom is -0.487 e. The third kappa shape index (κ3) is 2.85. The Balaban J connectivity index is 1.97. The van der Waals surface area contributed by atoms with Crippen LogP contribution in [0.5, 0.6) is 5.75 Å². The summed E-state index contributed by atoms with van der Waals surface area (Å²) in [6.07, 6.45) is 0.928. The second kappa shape index (κ2) is 5.15. The second-order valence-electron chi connectivity index (χ2n) is 6.41. The standard InChI is InChI=1S/C18H20BrNO/c1-11-4-6-15(19)14(8-11)17(20)12-5-7-16-13(9-12)10-18(2,3)21-16/h4-9,17H,10,20H2,1-3H3. The lowest BCUT2D eigenvalue weighted by Crippen LogP contribution is -2.24. The molecule has 3 heteroatoms. The highest BCUT2D eigenvalue weighted by Gasteiger charge is 2.30. The van der Waals surface area contributed by atoms with Gasteiger partial charge in [0.05, 0.1) is 6.04 Å². The Labute approximate surface area is 134 Å². The van der Waals surface area contributed by atoms with E-state index in [0.717, 1.165) is 27.8 Å². The average Bonchev–Trinajstić information content (AvgIpc) is 2.73. The van der Waals surface area contributed by atoms with Crippen LogP contribution < -0.4 is 10.5 Å². The van der Waals surface area contributed by atoms with Crippen molar-refractivity contribution in [2.45, 2.75) is 38.8 Å². The fourth-order valence-electron chi connectivity index (χ4n) is 2.90. The molecule has 1 heterocycles. The molecule has 2 aromatic rings. The van der Waals surface area contributed by atoms with Crippen LogP contribution in [0.2, 0.25) is 0 Å². The molecule has 0 aromatic heterocycles. The number of rotatable bonds is 2. The maximum Gasteiger partial charge on any atom is 0.123 e. The monoisotopic (exact) mass is 345 g/mol. The zero-order chi connectivity index (χ0) is 15.2. The molecule has 0 saturated carbocycles. The lowest BCUT2D eigenvalue weighted by Gasteiger charge is -2.16. The maximum absolute atomic E-state index is 6.48. The minimum absolute atomic E-state index is 0.116. The van der Waals surface area contributed by atoms with Crippen molar-refractivity contribution < 1.29 is 4.74 Å². The molecule has 0 saturated heterocycles. The summed E-state index contributed by atoms with van der Waals surface area (Å²) >= 11 is 3.60. The van der Waals surface area contributed by atoms with Gasteiger partial charge in [-0.15, -0.1) is 0 Å². The molecule has 0 fully saturated rings. The van der Waals surface area contributed by atoms with Crippen molar-refractivity contribution in [2.75, 3.05) is 0 Å². The molecule has 0 radical (unpaired) electrons. The van der Waals surface area contributed by atoms with Crippen LogP contribution in [0.1, 0.15) is 42.1 Å². The molecule has 2 nitrogen and oxygen atoms in total. The highest BCUT2D eigenvalue weighted by atomic mass is 79.9. The van der Waals surface area contributed by atoms with Gasteiger partial charge < -0.3 is 10.5 Å². The largest absolute Gasteiger partial charge is 0.487 e. The summed E-state index contributed by atoms with van der Waals surface area (Å²) in [4.78, 5) is 0. The molecular weight excluding hydrogens is 326 g/mol. The molecule has 2 N–H and O–H groups in total. The van der Waals surface area contributed by atoms with E-state index >= 15 is 0 Å². The van der Waals surface area contributed by atoms with E-state index in [1.165, 1.54) is 11.1 Å². The van der Waals surface area contributed by atoms with Crippen LogP contribution in [0.3, 0.4) is 0 Å². The Morgan fingerprint density at radius 1 is 1.19 bits per heavy atom. The number of nitrogens with two attached hydrogens (primary N) is 1. The normalized spacial score (nSPS) is 17.2. The number of fused-ring (bicyclic) bond motifs is 1. The van der Waals surface area contributed by atoms with Gasteiger partial charge in [0.2, 0.25) is 0 Å². The van der Waals surface area contributed by atoms with Crippen molar-refractivity contribution in [1.29, 1.82) is 0 Å². The number of ether oxygens (including phenoxy) is 1. The van der Waals surface area contributed by atoms with Gasteiger partial charge in [-0.3, -0.25) is 0 Å². The Morgan fingerprint density at radius 2 is 1.95 bits per heavy atom. The highest BCUT2D eigenvalue weighted by molar-refractivity contribution is 9.10. The van der Waals surface area contributed by atoms with Crippen molar-refractivity contribution in [2.24, 2.45) is 5.73 Å². The summed E-state index contributed by atoms with van der Waals surface area (Å²) in [5, 5.41) is 0. The zero-order valence-electron chi connectivity index (χ0n) is 12.6. The van der Waals surface area contributed by atoms with Gasteiger partial charge >= 0.3 is 0 Å². The third-order valence-corrected chi connectivity index (χ3v) is 4.65. The van der Waals surface area contributed by atoms with Gasteiger partial charge in [-0.25, -0.2) is 0 Å². The molecule has 1 atom stereocenters. The van der Waals surface area contributed by atoms with Gasteiger partial charge in [0, 0.05) is 10.9 Å². The predicted octanol–water partition coefficient (Wildman–Crippen LogP) is 4.52. The number of aryl methyl sites for hydroxylation is 1. The minimum atomic E-state index is -0.131. The van der Waals surface area contributed by atoms with E-state index in [0.29, 0.717) is 0 Å². The molecule has 1 unspecified atom stereocenters. The third-order valence-electron chi connectivity index (χ3n) is 3.93. The number of halogens is 1. The molecule has 1 aliphatic heterocycles. The summed E-state index contributed by atoms with van der Waals surface area (Å²) in [7, 11) is 0. The zero-order valence-corrected chi connectivity index (χ0v) is 14.2. The number of hydrogen-bond donors (Lipinski definition) is 1. The summed E-state index contributed by atoms with van der Waals surface area (Å²) < 4.78 is 6.98. The molecule has 0 spiro atoms. The van der Waals surface area contributed by atoms with E-state index in [9.17, 15) is 0 Å². The smallest absolute Gasteiger partial charge is 0.123 e. The summed E-state index contributed by atoms with van der Waals surface area (Å²) in [5.41, 5.74) is 11.1. The van der Waals surface area contributed by atoms with Gasteiger partial charge in [0.15, 0.2) is 0 Å². The van der Waals surface area contributed by atoms with Crippen molar-refractivity contribution in [3.05, 3.63) is 63.1 Å². The van der Waals surface area contributed by atoms with Crippen LogP contribution in [0, 0.1) is 6.92 Å². The van der Waals surface area contributed by atoms with Gasteiger partial charge in [-0.05, 0) is 49.6 Å². The van der Waals surface area contributed by atoms with E-state index in [1.54, 1.807) is 0 Å². The van der Waals surface area contributed by atoms with Crippen LogP contribution in [0.15, 0.2) is 40.9 Å². The van der Waals surface area contributed by atoms with Crippen LogP contribution in [-0.2, 0) is 6.42 Å². The van der Waals surface area contributed by atoms with Gasteiger partial charge in [0.25, 0.3) is 0 Å². The van der Waals surface area contributed by atoms with Gasteiger partial charge in [-0.2, -0.15) is 0 Å². The van der Waals surface area contributed by atoms with Crippen molar-refractivity contribution in [3.8, 4) is 5.75 Å². The van der Waals surface area contributed by atoms with Crippen LogP contribution in [-0.4, -0.2) is 5.60 Å². The van der Waals surface area contributed by atoms with Crippen molar-refractivity contribution in [1.82, 2.24) is 0 Å². The first-order valence-electron chi connectivity index (χ1n) is 7.19. The first-order valence-corrected chi connectivity index (χ1v) is 7.98. The summed E-state index contributed by atoms with van der Waals surface area (Å²) in [6, 6.07) is 12.5. The average molecular weight is 346 g/mol. The Bertz CT molecular complexity index is 694. The van der Waals surface area contributed by atoms with Crippen molar-refractivity contribution >= 4 is 15.9 Å². The molecule has 1 aliphatic rings. The second-order valence-corrected chi connectivity index (χ2v) is 7.26. The van der Waals surface area contributed by atoms with E-state index in [1.807, 2.05) is 6.07 Å². The lowest BCUT2D eigenvalue weighted by molar-refractivity contribution is 0.138. The molecule has 3 rings (SSSR count). The van der Waals surface area contributed by atoms with Crippen LogP contribution >= 0.6 is 15.9 Å². The van der Waals surface area contributed by atoms with Crippen LogP contribution in [0.4, 0.5) is 0 Å². The van der Waals surface area contributed by atoms with E-state index in [2.05, 4.69) is 67.0 Å². The highest BCUT2D eigenvalue weighted by Crippen LogP contribution is 2.37. The summed E-state index contributed by atoms with van der Waals surface area (Å²) in [5.74, 6) is 0.985. The molecule has 21 heavy (non-hydrogen) atoms. The first-order chi connectivity index (χ1) is 9.85.